The zero-order valence-corrected chi connectivity index (χ0v) is 11.4. The first kappa shape index (κ1) is 15.9. The van der Waals surface area contributed by atoms with Crippen LogP contribution in [0.1, 0.15) is 41.6 Å². The molecular formula is C15H15F5O. The molecule has 1 aromatic carbocycles. The van der Waals surface area contributed by atoms with Crippen LogP contribution in [0, 0.1) is 30.4 Å². The SMILES string of the molecule is Cc1ccc(C(=O)C2CCC(C(F)(F)F)CC2)c(F)c1F. The normalized spacial score (nSPS) is 23.1. The second-order valence-corrected chi connectivity index (χ2v) is 5.51. The molecule has 116 valence electrons. The van der Waals surface area contributed by atoms with Crippen LogP contribution in [-0.4, -0.2) is 12.0 Å². The topological polar surface area (TPSA) is 17.1 Å². The number of benzene rings is 1. The van der Waals surface area contributed by atoms with Gasteiger partial charge in [-0.15, -0.1) is 0 Å². The van der Waals surface area contributed by atoms with Crippen LogP contribution >= 0.6 is 0 Å². The Morgan fingerprint density at radius 2 is 1.62 bits per heavy atom. The Morgan fingerprint density at radius 1 is 1.05 bits per heavy atom. The molecule has 0 spiro atoms. The fourth-order valence-corrected chi connectivity index (χ4v) is 2.74. The number of hydrogen-bond donors (Lipinski definition) is 0. The molecule has 0 amide bonds. The maximum Gasteiger partial charge on any atom is 0.391 e. The molecule has 1 aromatic rings. The van der Waals surface area contributed by atoms with E-state index in [2.05, 4.69) is 0 Å². The van der Waals surface area contributed by atoms with E-state index in [0.717, 1.165) is 0 Å². The first-order chi connectivity index (χ1) is 9.71. The highest BCUT2D eigenvalue weighted by Crippen LogP contribution is 2.40. The summed E-state index contributed by atoms with van der Waals surface area (Å²) >= 11 is 0. The number of Topliss-reactive ketones (excluding diaryl/α,β-unsaturated/α-hetero) is 1. The third-order valence-corrected chi connectivity index (χ3v) is 4.10. The van der Waals surface area contributed by atoms with Gasteiger partial charge in [0.25, 0.3) is 0 Å². The molecule has 0 aromatic heterocycles. The summed E-state index contributed by atoms with van der Waals surface area (Å²) in [6, 6.07) is 2.50. The van der Waals surface area contributed by atoms with E-state index < -0.39 is 35.4 Å². The first-order valence-corrected chi connectivity index (χ1v) is 6.77. The predicted octanol–water partition coefficient (Wildman–Crippen LogP) is 4.82. The molecule has 0 radical (unpaired) electrons. The summed E-state index contributed by atoms with van der Waals surface area (Å²) in [5.41, 5.74) is -0.279. The lowest BCUT2D eigenvalue weighted by Crippen LogP contribution is -2.30. The summed E-state index contributed by atoms with van der Waals surface area (Å²) in [6.07, 6.45) is -4.43. The lowest BCUT2D eigenvalue weighted by atomic mass is 9.78. The van der Waals surface area contributed by atoms with Crippen LogP contribution in [0.4, 0.5) is 22.0 Å². The van der Waals surface area contributed by atoms with Gasteiger partial charge in [0.1, 0.15) is 0 Å². The van der Waals surface area contributed by atoms with Crippen molar-refractivity contribution in [1.29, 1.82) is 0 Å². The van der Waals surface area contributed by atoms with Crippen molar-refractivity contribution in [2.75, 3.05) is 0 Å². The van der Waals surface area contributed by atoms with Crippen molar-refractivity contribution in [2.45, 2.75) is 38.8 Å². The maximum atomic E-state index is 13.8. The summed E-state index contributed by atoms with van der Waals surface area (Å²) < 4.78 is 64.9. The van der Waals surface area contributed by atoms with Crippen LogP contribution in [0.25, 0.3) is 0 Å². The number of ketones is 1. The lowest BCUT2D eigenvalue weighted by Gasteiger charge is -2.29. The maximum absolute atomic E-state index is 13.8. The van der Waals surface area contributed by atoms with E-state index in [1.807, 2.05) is 0 Å². The van der Waals surface area contributed by atoms with Crippen molar-refractivity contribution in [1.82, 2.24) is 0 Å². The van der Waals surface area contributed by atoms with E-state index in [9.17, 15) is 26.7 Å². The quantitative estimate of drug-likeness (QED) is 0.565. The minimum Gasteiger partial charge on any atom is -0.294 e. The van der Waals surface area contributed by atoms with Crippen molar-refractivity contribution in [3.63, 3.8) is 0 Å². The van der Waals surface area contributed by atoms with E-state index in [-0.39, 0.29) is 36.8 Å². The Balaban J connectivity index is 2.11. The number of rotatable bonds is 2. The number of aryl methyl sites for hydroxylation is 1. The monoisotopic (exact) mass is 306 g/mol. The number of carbonyl (C=O) groups excluding carboxylic acids is 1. The lowest BCUT2D eigenvalue weighted by molar-refractivity contribution is -0.183. The Morgan fingerprint density at radius 3 is 2.14 bits per heavy atom. The van der Waals surface area contributed by atoms with Crippen molar-refractivity contribution in [2.24, 2.45) is 11.8 Å². The smallest absolute Gasteiger partial charge is 0.294 e. The third kappa shape index (κ3) is 3.24. The van der Waals surface area contributed by atoms with Crippen LogP contribution in [0.3, 0.4) is 0 Å². The van der Waals surface area contributed by atoms with Gasteiger partial charge in [0.2, 0.25) is 0 Å². The second kappa shape index (κ2) is 5.73. The van der Waals surface area contributed by atoms with Crippen LogP contribution in [0.5, 0.6) is 0 Å². The molecule has 0 N–H and O–H groups in total. The molecule has 0 heterocycles. The van der Waals surface area contributed by atoms with Gasteiger partial charge in [-0.1, -0.05) is 6.07 Å². The predicted molar refractivity (Wildman–Crippen MR) is 66.9 cm³/mol. The minimum atomic E-state index is -4.25. The van der Waals surface area contributed by atoms with E-state index in [1.165, 1.54) is 19.1 Å². The zero-order valence-electron chi connectivity index (χ0n) is 11.4. The van der Waals surface area contributed by atoms with Gasteiger partial charge in [0, 0.05) is 5.92 Å². The van der Waals surface area contributed by atoms with Crippen LogP contribution in [0.15, 0.2) is 12.1 Å². The summed E-state index contributed by atoms with van der Waals surface area (Å²) in [5.74, 6) is -4.96. The number of hydrogen-bond acceptors (Lipinski definition) is 1. The van der Waals surface area contributed by atoms with E-state index in [4.69, 9.17) is 0 Å². The van der Waals surface area contributed by atoms with Crippen LogP contribution in [-0.2, 0) is 0 Å². The molecule has 21 heavy (non-hydrogen) atoms. The van der Waals surface area contributed by atoms with Gasteiger partial charge in [0.05, 0.1) is 11.5 Å². The number of alkyl halides is 3. The van der Waals surface area contributed by atoms with Crippen molar-refractivity contribution < 1.29 is 26.7 Å². The average Bonchev–Trinajstić information content (AvgIpc) is 2.43. The van der Waals surface area contributed by atoms with E-state index >= 15 is 0 Å². The highest BCUT2D eigenvalue weighted by Gasteiger charge is 2.42. The summed E-state index contributed by atoms with van der Waals surface area (Å²) in [7, 11) is 0. The molecule has 0 bridgehead atoms. The highest BCUT2D eigenvalue weighted by molar-refractivity contribution is 5.98. The van der Waals surface area contributed by atoms with Gasteiger partial charge >= 0.3 is 6.18 Å². The highest BCUT2D eigenvalue weighted by atomic mass is 19.4. The Hall–Kier alpha value is -1.46. The first-order valence-electron chi connectivity index (χ1n) is 6.77. The largest absolute Gasteiger partial charge is 0.391 e. The standard InChI is InChI=1S/C15H15F5O/c1-8-2-7-11(13(17)12(8)16)14(21)9-3-5-10(6-4-9)15(18,19)20/h2,7,9-10H,3-6H2,1H3. The zero-order chi connectivity index (χ0) is 15.8. The van der Waals surface area contributed by atoms with Gasteiger partial charge in [-0.05, 0) is 44.2 Å². The Labute approximate surface area is 119 Å². The molecular weight excluding hydrogens is 291 g/mol. The molecule has 0 atom stereocenters. The van der Waals surface area contributed by atoms with Crippen molar-refractivity contribution in [3.05, 3.63) is 34.9 Å². The molecule has 1 fully saturated rings. The van der Waals surface area contributed by atoms with E-state index in [1.54, 1.807) is 0 Å². The average molecular weight is 306 g/mol. The minimum absolute atomic E-state index is 0.0535. The Kier molecular flexibility index (Phi) is 4.35. The van der Waals surface area contributed by atoms with Crippen LogP contribution in [0.2, 0.25) is 0 Å². The van der Waals surface area contributed by atoms with Crippen molar-refractivity contribution in [3.8, 4) is 0 Å². The summed E-state index contributed by atoms with van der Waals surface area (Å²) in [6.45, 7) is 1.38. The van der Waals surface area contributed by atoms with E-state index in [0.29, 0.717) is 0 Å². The van der Waals surface area contributed by atoms with Gasteiger partial charge in [-0.2, -0.15) is 13.2 Å². The third-order valence-electron chi connectivity index (χ3n) is 4.10. The van der Waals surface area contributed by atoms with Crippen molar-refractivity contribution >= 4 is 5.78 Å². The molecule has 0 saturated heterocycles. The molecule has 1 aliphatic rings. The fourth-order valence-electron chi connectivity index (χ4n) is 2.74. The molecule has 1 aliphatic carbocycles. The molecule has 6 heteroatoms. The number of carbonyl (C=O) groups is 1. The molecule has 0 aliphatic heterocycles. The van der Waals surface area contributed by atoms with Gasteiger partial charge < -0.3 is 0 Å². The molecule has 1 saturated carbocycles. The van der Waals surface area contributed by atoms with Gasteiger partial charge in [-0.25, -0.2) is 8.78 Å². The fraction of sp³-hybridized carbons (Fsp3) is 0.533. The van der Waals surface area contributed by atoms with Gasteiger partial charge in [-0.3, -0.25) is 4.79 Å². The molecule has 0 unspecified atom stereocenters. The Bertz CT molecular complexity index is 542. The second-order valence-electron chi connectivity index (χ2n) is 5.51. The van der Waals surface area contributed by atoms with Crippen LogP contribution < -0.4 is 0 Å². The molecule has 2 rings (SSSR count). The molecule has 1 nitrogen and oxygen atoms in total. The summed E-state index contributed by atoms with van der Waals surface area (Å²) in [5, 5.41) is 0. The van der Waals surface area contributed by atoms with Gasteiger partial charge in [0.15, 0.2) is 17.4 Å². The summed E-state index contributed by atoms with van der Waals surface area (Å²) in [4.78, 5) is 12.2. The number of halogens is 5.